The fraction of sp³-hybridized carbons (Fsp3) is 0.600. The molecule has 0 aliphatic heterocycles. The fourth-order valence-electron chi connectivity index (χ4n) is 2.63. The smallest absolute Gasteiger partial charge is 0.328 e. The predicted molar refractivity (Wildman–Crippen MR) is 80.9 cm³/mol. The van der Waals surface area contributed by atoms with Crippen molar-refractivity contribution >= 4 is 23.2 Å². The number of amides is 1. The maximum absolute atomic E-state index is 12.2. The third-order valence-corrected chi connectivity index (χ3v) is 5.16. The van der Waals surface area contributed by atoms with Crippen molar-refractivity contribution in [2.45, 2.75) is 38.6 Å². The number of carbonyl (C=O) groups excluding carboxylic acids is 1. The van der Waals surface area contributed by atoms with E-state index >= 15 is 0 Å². The quantitative estimate of drug-likeness (QED) is 0.843. The highest BCUT2D eigenvalue weighted by Crippen LogP contribution is 2.33. The van der Waals surface area contributed by atoms with Gasteiger partial charge in [-0.25, -0.2) is 4.79 Å². The molecule has 1 aromatic rings. The first-order valence-corrected chi connectivity index (χ1v) is 8.01. The van der Waals surface area contributed by atoms with E-state index in [0.717, 1.165) is 19.3 Å². The minimum Gasteiger partial charge on any atom is -0.480 e. The van der Waals surface area contributed by atoms with Gasteiger partial charge in [0.2, 0.25) is 0 Å². The molecule has 1 aromatic heterocycles. The van der Waals surface area contributed by atoms with Crippen LogP contribution in [0.4, 0.5) is 0 Å². The number of nitrogens with one attached hydrogen (secondary N) is 1. The van der Waals surface area contributed by atoms with E-state index in [1.54, 1.807) is 0 Å². The molecule has 1 amide bonds. The first-order valence-electron chi connectivity index (χ1n) is 7.19. The summed E-state index contributed by atoms with van der Waals surface area (Å²) in [5.41, 5.74) is 1.25. The highest BCUT2D eigenvalue weighted by molar-refractivity contribution is 7.14. The molecule has 2 atom stereocenters. The van der Waals surface area contributed by atoms with Crippen LogP contribution in [-0.2, 0) is 22.4 Å². The number of hydrogen-bond donors (Lipinski definition) is 2. The van der Waals surface area contributed by atoms with Gasteiger partial charge < -0.3 is 15.2 Å². The van der Waals surface area contributed by atoms with Crippen LogP contribution in [0.5, 0.6) is 0 Å². The van der Waals surface area contributed by atoms with Crippen molar-refractivity contribution in [3.05, 3.63) is 21.4 Å². The van der Waals surface area contributed by atoms with Crippen LogP contribution in [0.1, 0.15) is 39.9 Å². The first-order chi connectivity index (χ1) is 10.0. The third-order valence-electron chi connectivity index (χ3n) is 3.92. The van der Waals surface area contributed by atoms with Gasteiger partial charge in [-0.05, 0) is 36.8 Å². The van der Waals surface area contributed by atoms with E-state index in [-0.39, 0.29) is 12.5 Å². The lowest BCUT2D eigenvalue weighted by Crippen LogP contribution is -2.43. The van der Waals surface area contributed by atoms with Crippen molar-refractivity contribution in [2.75, 3.05) is 13.7 Å². The zero-order chi connectivity index (χ0) is 15.4. The van der Waals surface area contributed by atoms with E-state index in [2.05, 4.69) is 12.2 Å². The number of thiophene rings is 1. The molecule has 2 unspecified atom stereocenters. The number of ether oxygens (including phenoxy) is 1. The van der Waals surface area contributed by atoms with Gasteiger partial charge in [-0.2, -0.15) is 0 Å². The van der Waals surface area contributed by atoms with Gasteiger partial charge in [0.15, 0.2) is 6.04 Å². The molecule has 2 rings (SSSR count). The number of carbonyl (C=O) groups is 2. The van der Waals surface area contributed by atoms with Crippen LogP contribution in [-0.4, -0.2) is 36.7 Å². The van der Waals surface area contributed by atoms with Crippen molar-refractivity contribution < 1.29 is 19.4 Å². The maximum atomic E-state index is 12.2. The Morgan fingerprint density at radius 3 is 2.95 bits per heavy atom. The molecule has 0 saturated heterocycles. The van der Waals surface area contributed by atoms with Crippen molar-refractivity contribution in [1.29, 1.82) is 0 Å². The summed E-state index contributed by atoms with van der Waals surface area (Å²) >= 11 is 1.48. The second-order valence-electron chi connectivity index (χ2n) is 5.40. The summed E-state index contributed by atoms with van der Waals surface area (Å²) < 4.78 is 4.82. The van der Waals surface area contributed by atoms with E-state index < -0.39 is 12.0 Å². The van der Waals surface area contributed by atoms with E-state index in [4.69, 9.17) is 9.84 Å². The molecule has 1 aliphatic carbocycles. The number of carboxylic acids is 1. The molecule has 6 heteroatoms. The summed E-state index contributed by atoms with van der Waals surface area (Å²) in [4.78, 5) is 25.1. The maximum Gasteiger partial charge on any atom is 0.328 e. The van der Waals surface area contributed by atoms with Crippen LogP contribution in [0.3, 0.4) is 0 Å². The van der Waals surface area contributed by atoms with Gasteiger partial charge >= 0.3 is 5.97 Å². The summed E-state index contributed by atoms with van der Waals surface area (Å²) in [6, 6.07) is 0.910. The Balaban J connectivity index is 2.07. The lowest BCUT2D eigenvalue weighted by Gasteiger charge is -2.19. The molecule has 0 bridgehead atoms. The number of fused-ring (bicyclic) bond motifs is 1. The lowest BCUT2D eigenvalue weighted by atomic mass is 9.87. The number of aliphatic carboxylic acids is 1. The molecule has 116 valence electrons. The number of methoxy groups -OCH3 is 1. The molecule has 1 aliphatic rings. The predicted octanol–water partition coefficient (Wildman–Crippen LogP) is 2.09. The SMILES string of the molecule is CCC1CCc2sc(C(=O)NC(COC)C(=O)O)cc2C1. The summed E-state index contributed by atoms with van der Waals surface area (Å²) in [6.45, 7) is 2.15. The molecule has 0 aromatic carbocycles. The van der Waals surface area contributed by atoms with Crippen molar-refractivity contribution in [2.24, 2.45) is 5.92 Å². The Morgan fingerprint density at radius 2 is 2.33 bits per heavy atom. The summed E-state index contributed by atoms with van der Waals surface area (Å²) in [5.74, 6) is -0.715. The highest BCUT2D eigenvalue weighted by atomic mass is 32.1. The van der Waals surface area contributed by atoms with Gasteiger partial charge in [0, 0.05) is 12.0 Å². The van der Waals surface area contributed by atoms with Crippen LogP contribution < -0.4 is 5.32 Å². The van der Waals surface area contributed by atoms with Crippen LogP contribution in [0, 0.1) is 5.92 Å². The summed E-state index contributed by atoms with van der Waals surface area (Å²) in [6.07, 6.45) is 4.38. The van der Waals surface area contributed by atoms with Crippen LogP contribution in [0.2, 0.25) is 0 Å². The zero-order valence-electron chi connectivity index (χ0n) is 12.3. The molecule has 2 N–H and O–H groups in total. The van der Waals surface area contributed by atoms with Gasteiger partial charge in [-0.15, -0.1) is 11.3 Å². The van der Waals surface area contributed by atoms with E-state index in [0.29, 0.717) is 10.8 Å². The minimum absolute atomic E-state index is 0.0376. The average molecular weight is 311 g/mol. The Labute approximate surface area is 128 Å². The molecular weight excluding hydrogens is 290 g/mol. The van der Waals surface area contributed by atoms with Crippen LogP contribution in [0.15, 0.2) is 6.07 Å². The Morgan fingerprint density at radius 1 is 1.57 bits per heavy atom. The molecule has 0 spiro atoms. The molecule has 0 fully saturated rings. The van der Waals surface area contributed by atoms with Gasteiger partial charge in [-0.3, -0.25) is 4.79 Å². The van der Waals surface area contributed by atoms with Crippen LogP contribution in [0.25, 0.3) is 0 Å². The molecule has 21 heavy (non-hydrogen) atoms. The molecular formula is C15H21NO4S. The van der Waals surface area contributed by atoms with Gasteiger partial charge in [-0.1, -0.05) is 13.3 Å². The van der Waals surface area contributed by atoms with Crippen molar-refractivity contribution in [1.82, 2.24) is 5.32 Å². The summed E-state index contributed by atoms with van der Waals surface area (Å²) in [5, 5.41) is 11.6. The molecule has 5 nitrogen and oxygen atoms in total. The fourth-order valence-corrected chi connectivity index (χ4v) is 3.74. The van der Waals surface area contributed by atoms with Crippen molar-refractivity contribution in [3.63, 3.8) is 0 Å². The Hall–Kier alpha value is -1.40. The average Bonchev–Trinajstić information content (AvgIpc) is 2.89. The van der Waals surface area contributed by atoms with Crippen molar-refractivity contribution in [3.8, 4) is 0 Å². The lowest BCUT2D eigenvalue weighted by molar-refractivity contribution is -0.140. The monoisotopic (exact) mass is 311 g/mol. The van der Waals surface area contributed by atoms with E-state index in [1.807, 2.05) is 6.07 Å². The zero-order valence-corrected chi connectivity index (χ0v) is 13.2. The van der Waals surface area contributed by atoms with Crippen LogP contribution >= 0.6 is 11.3 Å². The standard InChI is InChI=1S/C15H21NO4S/c1-3-9-4-5-12-10(6-9)7-13(21-12)14(17)16-11(8-20-2)15(18)19/h7,9,11H,3-6,8H2,1-2H3,(H,16,17)(H,18,19). The third kappa shape index (κ3) is 3.83. The van der Waals surface area contributed by atoms with E-state index in [1.165, 1.54) is 35.3 Å². The van der Waals surface area contributed by atoms with Gasteiger partial charge in [0.1, 0.15) is 0 Å². The number of rotatable bonds is 6. The molecule has 0 saturated carbocycles. The Kier molecular flexibility index (Phi) is 5.36. The highest BCUT2D eigenvalue weighted by Gasteiger charge is 2.25. The largest absolute Gasteiger partial charge is 0.480 e. The number of hydrogen-bond acceptors (Lipinski definition) is 4. The topological polar surface area (TPSA) is 75.6 Å². The first kappa shape index (κ1) is 16.0. The van der Waals surface area contributed by atoms with Gasteiger partial charge in [0.25, 0.3) is 5.91 Å². The molecule has 1 heterocycles. The molecule has 0 radical (unpaired) electrons. The normalized spacial score (nSPS) is 18.9. The number of aryl methyl sites for hydroxylation is 1. The second kappa shape index (κ2) is 7.04. The van der Waals surface area contributed by atoms with Gasteiger partial charge in [0.05, 0.1) is 11.5 Å². The second-order valence-corrected chi connectivity index (χ2v) is 6.53. The van der Waals surface area contributed by atoms with E-state index in [9.17, 15) is 9.59 Å². The Bertz CT molecular complexity index is 526. The summed E-state index contributed by atoms with van der Waals surface area (Å²) in [7, 11) is 1.41. The minimum atomic E-state index is -1.09. The number of carboxylic acid groups (broad SMARTS) is 1.